The zero-order chi connectivity index (χ0) is 15.3. The number of carbonyl (C=O) groups excluding carboxylic acids is 1. The van der Waals surface area contributed by atoms with Crippen LogP contribution in [0.15, 0.2) is 53.7 Å². The Hall–Kier alpha value is -2.12. The Morgan fingerprint density at radius 3 is 2.57 bits per heavy atom. The highest BCUT2D eigenvalue weighted by molar-refractivity contribution is 8.13. The molecule has 1 amide bonds. The van der Waals surface area contributed by atoms with Crippen molar-refractivity contribution in [1.29, 1.82) is 0 Å². The van der Waals surface area contributed by atoms with E-state index in [0.29, 0.717) is 0 Å². The van der Waals surface area contributed by atoms with Crippen molar-refractivity contribution in [3.8, 4) is 0 Å². The predicted octanol–water partition coefficient (Wildman–Crippen LogP) is 2.76. The average Bonchev–Trinajstić information content (AvgIpc) is 2.46. The maximum Gasteiger partial charge on any atom is 0.412 e. The summed E-state index contributed by atoms with van der Waals surface area (Å²) in [4.78, 5) is 15.3. The monoisotopic (exact) mass is 326 g/mol. The number of anilines is 1. The highest BCUT2D eigenvalue weighted by Crippen LogP contribution is 2.21. The topological polar surface area (TPSA) is 85.4 Å². The molecule has 1 heterocycles. The second-order valence-corrected chi connectivity index (χ2v) is 6.46. The summed E-state index contributed by atoms with van der Waals surface area (Å²) >= 11 is 0. The molecule has 6 nitrogen and oxygen atoms in total. The number of rotatable bonds is 4. The molecular weight excluding hydrogens is 316 g/mol. The van der Waals surface area contributed by atoms with E-state index in [0.717, 1.165) is 5.56 Å². The zero-order valence-electron chi connectivity index (χ0n) is 10.7. The number of halogens is 1. The third-order valence-electron chi connectivity index (χ3n) is 2.45. The molecule has 0 radical (unpaired) electrons. The fourth-order valence-corrected chi connectivity index (χ4v) is 2.49. The van der Waals surface area contributed by atoms with Gasteiger partial charge in [-0.25, -0.2) is 18.2 Å². The first kappa shape index (κ1) is 15.3. The van der Waals surface area contributed by atoms with Crippen LogP contribution in [0.4, 0.5) is 10.5 Å². The minimum Gasteiger partial charge on any atom is -0.444 e. The summed E-state index contributed by atoms with van der Waals surface area (Å²) in [6, 6.07) is 11.9. The Bertz CT molecular complexity index is 735. The molecule has 1 N–H and O–H groups in total. The molecule has 0 aliphatic carbocycles. The number of nitrogens with zero attached hydrogens (tertiary/aromatic N) is 1. The van der Waals surface area contributed by atoms with Gasteiger partial charge in [-0.2, -0.15) is 0 Å². The van der Waals surface area contributed by atoms with E-state index in [1.54, 1.807) is 12.1 Å². The Balaban J connectivity index is 2.04. The fourth-order valence-electron chi connectivity index (χ4n) is 1.55. The summed E-state index contributed by atoms with van der Waals surface area (Å²) < 4.78 is 27.6. The van der Waals surface area contributed by atoms with Gasteiger partial charge in [0.15, 0.2) is 5.03 Å². The lowest BCUT2D eigenvalue weighted by Crippen LogP contribution is -2.15. The van der Waals surface area contributed by atoms with Crippen LogP contribution in [0.5, 0.6) is 0 Å². The first-order valence-corrected chi connectivity index (χ1v) is 8.15. The number of benzene rings is 1. The molecule has 0 saturated carbocycles. The molecule has 1 aromatic carbocycles. The fraction of sp³-hybridized carbons (Fsp3) is 0.0769. The normalized spacial score (nSPS) is 10.9. The van der Waals surface area contributed by atoms with Crippen molar-refractivity contribution >= 4 is 31.5 Å². The SMILES string of the molecule is O=C(Nc1cccnc1S(=O)(=O)Cl)OCc1ccccc1. The van der Waals surface area contributed by atoms with Crippen LogP contribution < -0.4 is 5.32 Å². The second-order valence-electron chi connectivity index (χ2n) is 3.98. The van der Waals surface area contributed by atoms with Crippen molar-refractivity contribution in [2.45, 2.75) is 11.6 Å². The van der Waals surface area contributed by atoms with Crippen molar-refractivity contribution < 1.29 is 17.9 Å². The Morgan fingerprint density at radius 2 is 1.90 bits per heavy atom. The summed E-state index contributed by atoms with van der Waals surface area (Å²) in [5.74, 6) is 0. The number of amides is 1. The number of pyridine rings is 1. The van der Waals surface area contributed by atoms with E-state index in [1.807, 2.05) is 18.2 Å². The lowest BCUT2D eigenvalue weighted by Gasteiger charge is -2.08. The lowest BCUT2D eigenvalue weighted by molar-refractivity contribution is 0.155. The molecule has 0 spiro atoms. The van der Waals surface area contributed by atoms with E-state index >= 15 is 0 Å². The van der Waals surface area contributed by atoms with Crippen molar-refractivity contribution in [2.24, 2.45) is 0 Å². The van der Waals surface area contributed by atoms with Gasteiger partial charge in [-0.05, 0) is 17.7 Å². The largest absolute Gasteiger partial charge is 0.444 e. The van der Waals surface area contributed by atoms with E-state index < -0.39 is 20.2 Å². The zero-order valence-corrected chi connectivity index (χ0v) is 12.3. The van der Waals surface area contributed by atoms with Crippen LogP contribution >= 0.6 is 10.7 Å². The van der Waals surface area contributed by atoms with Crippen LogP contribution in [0.3, 0.4) is 0 Å². The first-order chi connectivity index (χ1) is 9.97. The van der Waals surface area contributed by atoms with Gasteiger partial charge in [-0.15, -0.1) is 0 Å². The van der Waals surface area contributed by atoms with Crippen LogP contribution in [-0.2, 0) is 20.4 Å². The standard InChI is InChI=1S/C13H11ClN2O4S/c14-21(18,19)12-11(7-4-8-15-12)16-13(17)20-9-10-5-2-1-3-6-10/h1-8H,9H2,(H,16,17). The van der Waals surface area contributed by atoms with Gasteiger partial charge >= 0.3 is 6.09 Å². The van der Waals surface area contributed by atoms with Crippen molar-refractivity contribution in [3.63, 3.8) is 0 Å². The van der Waals surface area contributed by atoms with Crippen molar-refractivity contribution in [3.05, 3.63) is 54.2 Å². The Morgan fingerprint density at radius 1 is 1.19 bits per heavy atom. The molecule has 0 bridgehead atoms. The second kappa shape index (κ2) is 6.55. The predicted molar refractivity (Wildman–Crippen MR) is 77.5 cm³/mol. The van der Waals surface area contributed by atoms with Gasteiger partial charge < -0.3 is 4.74 Å². The molecule has 1 aromatic heterocycles. The summed E-state index contributed by atoms with van der Waals surface area (Å²) in [5, 5.41) is 1.87. The highest BCUT2D eigenvalue weighted by atomic mass is 35.7. The third kappa shape index (κ3) is 4.44. The average molecular weight is 327 g/mol. The van der Waals surface area contributed by atoms with Crippen molar-refractivity contribution in [1.82, 2.24) is 4.98 Å². The summed E-state index contributed by atoms with van der Waals surface area (Å²) in [5.41, 5.74) is 0.773. The molecule has 8 heteroatoms. The smallest absolute Gasteiger partial charge is 0.412 e. The summed E-state index contributed by atoms with van der Waals surface area (Å²) in [6.45, 7) is 0.0654. The van der Waals surface area contributed by atoms with E-state index in [2.05, 4.69) is 10.3 Å². The minimum absolute atomic E-state index is 0.0365. The van der Waals surface area contributed by atoms with Gasteiger partial charge in [0, 0.05) is 16.9 Å². The molecule has 2 aromatic rings. The Kier molecular flexibility index (Phi) is 4.77. The van der Waals surface area contributed by atoms with Crippen LogP contribution in [0.1, 0.15) is 5.56 Å². The molecule has 110 valence electrons. The maximum absolute atomic E-state index is 11.7. The molecule has 0 aliphatic heterocycles. The van der Waals surface area contributed by atoms with Crippen LogP contribution in [-0.4, -0.2) is 19.5 Å². The van der Waals surface area contributed by atoms with Crippen LogP contribution in [0.25, 0.3) is 0 Å². The van der Waals surface area contributed by atoms with E-state index in [4.69, 9.17) is 15.4 Å². The molecule has 21 heavy (non-hydrogen) atoms. The summed E-state index contributed by atoms with van der Waals surface area (Å²) in [6.07, 6.45) is 0.462. The van der Waals surface area contributed by atoms with Gasteiger partial charge in [-0.1, -0.05) is 30.3 Å². The number of hydrogen-bond acceptors (Lipinski definition) is 5. The van der Waals surface area contributed by atoms with E-state index in [-0.39, 0.29) is 12.3 Å². The Labute approximate surface area is 126 Å². The number of nitrogens with one attached hydrogen (secondary N) is 1. The van der Waals surface area contributed by atoms with Gasteiger partial charge in [0.1, 0.15) is 6.61 Å². The minimum atomic E-state index is -4.06. The lowest BCUT2D eigenvalue weighted by atomic mass is 10.2. The number of ether oxygens (including phenoxy) is 1. The first-order valence-electron chi connectivity index (χ1n) is 5.84. The third-order valence-corrected chi connectivity index (χ3v) is 3.68. The number of carbonyl (C=O) groups is 1. The van der Waals surface area contributed by atoms with Crippen LogP contribution in [0, 0.1) is 0 Å². The number of hydrogen-bond donors (Lipinski definition) is 1. The van der Waals surface area contributed by atoms with E-state index in [9.17, 15) is 13.2 Å². The number of aromatic nitrogens is 1. The summed E-state index contributed by atoms with van der Waals surface area (Å²) in [7, 11) is 1.18. The molecule has 0 aliphatic rings. The molecule has 0 unspecified atom stereocenters. The maximum atomic E-state index is 11.7. The van der Waals surface area contributed by atoms with Gasteiger partial charge in [0.2, 0.25) is 0 Å². The molecule has 0 fully saturated rings. The van der Waals surface area contributed by atoms with Crippen LogP contribution in [0.2, 0.25) is 0 Å². The molecular formula is C13H11ClN2O4S. The quantitative estimate of drug-likeness (QED) is 0.873. The molecule has 0 saturated heterocycles. The van der Waals surface area contributed by atoms with Gasteiger partial charge in [0.05, 0.1) is 5.69 Å². The van der Waals surface area contributed by atoms with Gasteiger partial charge in [0.25, 0.3) is 9.05 Å². The molecule has 0 atom stereocenters. The van der Waals surface area contributed by atoms with E-state index in [1.165, 1.54) is 18.3 Å². The molecule has 2 rings (SSSR count). The van der Waals surface area contributed by atoms with Crippen molar-refractivity contribution in [2.75, 3.05) is 5.32 Å². The van der Waals surface area contributed by atoms with Gasteiger partial charge in [-0.3, -0.25) is 5.32 Å². The highest BCUT2D eigenvalue weighted by Gasteiger charge is 2.18.